The van der Waals surface area contributed by atoms with Crippen molar-refractivity contribution in [3.63, 3.8) is 0 Å². The van der Waals surface area contributed by atoms with E-state index in [1.54, 1.807) is 0 Å². The number of phenolic OH excluding ortho intramolecular Hbond substituents is 3. The summed E-state index contributed by atoms with van der Waals surface area (Å²) in [5.41, 5.74) is 14.0. The number of aromatic hydroxyl groups is 3. The van der Waals surface area contributed by atoms with Gasteiger partial charge >= 0.3 is 0 Å². The van der Waals surface area contributed by atoms with Crippen LogP contribution in [-0.2, 0) is 10.8 Å². The van der Waals surface area contributed by atoms with Crippen LogP contribution in [0.1, 0.15) is 126 Å². The molecule has 50 heavy (non-hydrogen) atoms. The van der Waals surface area contributed by atoms with Gasteiger partial charge in [0.25, 0.3) is 0 Å². The van der Waals surface area contributed by atoms with Gasteiger partial charge in [0.05, 0.1) is 0 Å². The van der Waals surface area contributed by atoms with Crippen molar-refractivity contribution < 1.29 is 15.3 Å². The number of allylic oxidation sites excluding steroid dienone is 2. The van der Waals surface area contributed by atoms with Gasteiger partial charge in [0, 0.05) is 45.2 Å². The smallest absolute Gasteiger partial charge is 0.126 e. The van der Waals surface area contributed by atoms with Gasteiger partial charge in [0.2, 0.25) is 0 Å². The molecule has 7 rings (SSSR count). The molecule has 0 aliphatic heterocycles. The zero-order valence-corrected chi connectivity index (χ0v) is 30.7. The quantitative estimate of drug-likeness (QED) is 0.180. The minimum Gasteiger partial charge on any atom is -0.507 e. The van der Waals surface area contributed by atoms with Crippen LogP contribution in [-0.4, -0.2) is 15.3 Å². The highest BCUT2D eigenvalue weighted by Gasteiger charge is 2.37. The van der Waals surface area contributed by atoms with Crippen molar-refractivity contribution in [2.75, 3.05) is 0 Å². The van der Waals surface area contributed by atoms with E-state index in [-0.39, 0.29) is 28.4 Å². The predicted molar refractivity (Wildman–Crippen MR) is 208 cm³/mol. The largest absolute Gasteiger partial charge is 0.507 e. The molecule has 2 atom stereocenters. The maximum absolute atomic E-state index is 12.7. The SMILES string of the molecule is Cc1cc(C2C(c3cc(C)cc(C(C)(C)C)c3O)=Cc3ccccc32)c(O)c(C2C(c3cc(C)cc(C(C)(C)C)c3O)=Cc3ccccc32)c1. The van der Waals surface area contributed by atoms with E-state index in [0.29, 0.717) is 11.5 Å². The van der Waals surface area contributed by atoms with Crippen molar-refractivity contribution in [1.29, 1.82) is 0 Å². The molecule has 5 aromatic carbocycles. The van der Waals surface area contributed by atoms with Gasteiger partial charge in [-0.2, -0.15) is 0 Å². The average molecular weight is 661 g/mol. The van der Waals surface area contributed by atoms with Crippen LogP contribution in [0.2, 0.25) is 0 Å². The summed E-state index contributed by atoms with van der Waals surface area (Å²) in [6.45, 7) is 19.0. The highest BCUT2D eigenvalue weighted by atomic mass is 16.3. The maximum atomic E-state index is 12.7. The van der Waals surface area contributed by atoms with Crippen molar-refractivity contribution in [2.24, 2.45) is 0 Å². The second-order valence-corrected chi connectivity index (χ2v) is 16.5. The highest BCUT2D eigenvalue weighted by molar-refractivity contribution is 5.98. The molecule has 0 spiro atoms. The van der Waals surface area contributed by atoms with Crippen LogP contribution in [0.5, 0.6) is 17.2 Å². The normalized spacial score (nSPS) is 17.0. The number of fused-ring (bicyclic) bond motifs is 2. The van der Waals surface area contributed by atoms with Crippen molar-refractivity contribution in [1.82, 2.24) is 0 Å². The molecule has 5 aromatic rings. The molecule has 0 heterocycles. The molecule has 0 saturated carbocycles. The number of phenols is 3. The summed E-state index contributed by atoms with van der Waals surface area (Å²) >= 11 is 0. The molecule has 0 aromatic heterocycles. The molecule has 0 amide bonds. The summed E-state index contributed by atoms with van der Waals surface area (Å²) in [5.74, 6) is 0.226. The van der Waals surface area contributed by atoms with Gasteiger partial charge in [0.15, 0.2) is 0 Å². The second-order valence-electron chi connectivity index (χ2n) is 16.5. The first kappa shape index (κ1) is 33.5. The van der Waals surface area contributed by atoms with E-state index in [1.165, 1.54) is 0 Å². The Balaban J connectivity index is 1.46. The van der Waals surface area contributed by atoms with Crippen molar-refractivity contribution >= 4 is 23.3 Å². The van der Waals surface area contributed by atoms with Crippen LogP contribution < -0.4 is 0 Å². The summed E-state index contributed by atoms with van der Waals surface area (Å²) in [6, 6.07) is 29.2. The van der Waals surface area contributed by atoms with Gasteiger partial charge in [0.1, 0.15) is 17.2 Å². The van der Waals surface area contributed by atoms with Crippen LogP contribution in [0.4, 0.5) is 0 Å². The first-order valence-corrected chi connectivity index (χ1v) is 17.7. The third kappa shape index (κ3) is 5.54. The lowest BCUT2D eigenvalue weighted by Crippen LogP contribution is -2.13. The van der Waals surface area contributed by atoms with Crippen LogP contribution in [0.3, 0.4) is 0 Å². The van der Waals surface area contributed by atoms with Gasteiger partial charge in [-0.05, 0) is 100 Å². The Labute approximate surface area is 297 Å². The zero-order chi connectivity index (χ0) is 35.9. The van der Waals surface area contributed by atoms with E-state index in [4.69, 9.17) is 0 Å². The molecule has 3 nitrogen and oxygen atoms in total. The number of benzene rings is 5. The van der Waals surface area contributed by atoms with E-state index < -0.39 is 0 Å². The van der Waals surface area contributed by atoms with Crippen molar-refractivity contribution in [3.8, 4) is 17.2 Å². The lowest BCUT2D eigenvalue weighted by atomic mass is 9.77. The Kier molecular flexibility index (Phi) is 7.90. The molecule has 3 N–H and O–H groups in total. The monoisotopic (exact) mass is 660 g/mol. The molecule has 0 fully saturated rings. The summed E-state index contributed by atoms with van der Waals surface area (Å²) in [5, 5.41) is 36.4. The van der Waals surface area contributed by atoms with E-state index in [0.717, 1.165) is 83.5 Å². The van der Waals surface area contributed by atoms with Crippen LogP contribution in [0.25, 0.3) is 23.3 Å². The molecule has 0 radical (unpaired) electrons. The second kappa shape index (κ2) is 11.8. The summed E-state index contributed by atoms with van der Waals surface area (Å²) in [6.07, 6.45) is 4.36. The first-order valence-electron chi connectivity index (χ1n) is 17.7. The van der Waals surface area contributed by atoms with Gasteiger partial charge in [-0.1, -0.05) is 120 Å². The fourth-order valence-corrected chi connectivity index (χ4v) is 8.20. The van der Waals surface area contributed by atoms with E-state index in [1.807, 2.05) is 12.1 Å². The minimum absolute atomic E-state index is 0.238. The maximum Gasteiger partial charge on any atom is 0.126 e. The minimum atomic E-state index is -0.297. The van der Waals surface area contributed by atoms with Gasteiger partial charge < -0.3 is 15.3 Å². The predicted octanol–water partition coefficient (Wildman–Crippen LogP) is 11.7. The molecule has 2 unspecified atom stereocenters. The zero-order valence-electron chi connectivity index (χ0n) is 30.7. The molecule has 2 aliphatic rings. The molecule has 254 valence electrons. The topological polar surface area (TPSA) is 60.7 Å². The Bertz CT molecular complexity index is 2090. The molecular formula is C47H48O3. The average Bonchev–Trinajstić information content (AvgIpc) is 3.62. The lowest BCUT2D eigenvalue weighted by molar-refractivity contribution is 0.444. The standard InChI is InChI=1S/C47H48O3/c1-26-20-37(41-31-16-12-10-14-29(31)24-33(41)35-18-27(2)22-39(44(35)49)46(4,5)6)43(48)38(21-26)42-32-17-13-11-15-30(32)25-34(42)36-19-28(3)23-40(45(36)50)47(7,8)9/h10-25,41-42,48-50H,1-9H3. The van der Waals surface area contributed by atoms with E-state index in [2.05, 4.69) is 147 Å². The van der Waals surface area contributed by atoms with Crippen LogP contribution in [0, 0.1) is 20.8 Å². The molecule has 2 aliphatic carbocycles. The van der Waals surface area contributed by atoms with Gasteiger partial charge in [-0.25, -0.2) is 0 Å². The molecule has 0 bridgehead atoms. The number of hydrogen-bond acceptors (Lipinski definition) is 3. The number of rotatable bonds is 4. The Morgan fingerprint density at radius 3 is 1.18 bits per heavy atom. The lowest BCUT2D eigenvalue weighted by Gasteiger charge is -2.28. The van der Waals surface area contributed by atoms with Gasteiger partial charge in [-0.15, -0.1) is 0 Å². The third-order valence-corrected chi connectivity index (χ3v) is 10.5. The molecular weight excluding hydrogens is 613 g/mol. The van der Waals surface area contributed by atoms with Crippen LogP contribution >= 0.6 is 0 Å². The first-order chi connectivity index (χ1) is 23.5. The van der Waals surface area contributed by atoms with E-state index >= 15 is 0 Å². The summed E-state index contributed by atoms with van der Waals surface area (Å²) in [4.78, 5) is 0. The third-order valence-electron chi connectivity index (χ3n) is 10.5. The molecule has 3 heteroatoms. The Hall–Kier alpha value is -5.02. The fraction of sp³-hybridized carbons (Fsp3) is 0.277. The number of aryl methyl sites for hydroxylation is 3. The van der Waals surface area contributed by atoms with E-state index in [9.17, 15) is 15.3 Å². The highest BCUT2D eigenvalue weighted by Crippen LogP contribution is 2.56. The fourth-order valence-electron chi connectivity index (χ4n) is 8.20. The Morgan fingerprint density at radius 1 is 0.440 bits per heavy atom. The van der Waals surface area contributed by atoms with Gasteiger partial charge in [-0.3, -0.25) is 0 Å². The summed E-state index contributed by atoms with van der Waals surface area (Å²) < 4.78 is 0. The van der Waals surface area contributed by atoms with Crippen molar-refractivity contribution in [3.05, 3.63) is 157 Å². The van der Waals surface area contributed by atoms with Crippen LogP contribution in [0.15, 0.2) is 84.9 Å². The number of hydrogen-bond donors (Lipinski definition) is 3. The summed E-state index contributed by atoms with van der Waals surface area (Å²) in [7, 11) is 0. The Morgan fingerprint density at radius 2 is 0.800 bits per heavy atom. The van der Waals surface area contributed by atoms with Crippen molar-refractivity contribution in [2.45, 2.75) is 85.0 Å². The molecule has 0 saturated heterocycles.